The molecule has 3 N–H and O–H groups in total. The van der Waals surface area contributed by atoms with Gasteiger partial charge >= 0.3 is 5.97 Å². The molecule has 29 heavy (non-hydrogen) atoms. The molecule has 0 spiro atoms. The summed E-state index contributed by atoms with van der Waals surface area (Å²) in [5, 5.41) is 29.1. The lowest BCUT2D eigenvalue weighted by Gasteiger charge is -2.45. The maximum absolute atomic E-state index is 11.3. The van der Waals surface area contributed by atoms with Crippen LogP contribution in [-0.2, 0) is 9.53 Å². The van der Waals surface area contributed by atoms with Crippen molar-refractivity contribution in [1.29, 1.82) is 0 Å². The number of aliphatic hydroxyl groups excluding tert-OH is 2. The van der Waals surface area contributed by atoms with E-state index in [1.807, 2.05) is 0 Å². The van der Waals surface area contributed by atoms with Crippen molar-refractivity contribution in [2.75, 3.05) is 7.11 Å². The van der Waals surface area contributed by atoms with E-state index in [0.717, 1.165) is 31.3 Å². The van der Waals surface area contributed by atoms with Crippen LogP contribution in [0.4, 0.5) is 0 Å². The zero-order valence-electron chi connectivity index (χ0n) is 18.1. The van der Waals surface area contributed by atoms with Gasteiger partial charge in [-0.25, -0.2) is 0 Å². The van der Waals surface area contributed by atoms with Gasteiger partial charge < -0.3 is 20.1 Å². The molecule has 5 heteroatoms. The van der Waals surface area contributed by atoms with Gasteiger partial charge in [0.1, 0.15) is 0 Å². The Balaban J connectivity index is 1.76. The first kappa shape index (κ1) is 22.5. The van der Waals surface area contributed by atoms with Crippen LogP contribution < -0.4 is 0 Å². The quantitative estimate of drug-likeness (QED) is 0.618. The topological polar surface area (TPSA) is 87.0 Å². The van der Waals surface area contributed by atoms with Crippen molar-refractivity contribution < 1.29 is 24.9 Å². The number of allylic oxidation sites excluding steroid dienone is 3. The molecule has 3 rings (SSSR count). The third-order valence-electron chi connectivity index (χ3n) is 8.01. The number of ether oxygens (including phenoxy) is 1. The first-order valence-electron chi connectivity index (χ1n) is 11.2. The fourth-order valence-electron chi connectivity index (χ4n) is 6.59. The Morgan fingerprint density at radius 3 is 2.55 bits per heavy atom. The van der Waals surface area contributed by atoms with Gasteiger partial charge in [0.05, 0.1) is 24.7 Å². The summed E-state index contributed by atoms with van der Waals surface area (Å²) in [5.41, 5.74) is 2.81. The normalized spacial score (nSPS) is 38.5. The summed E-state index contributed by atoms with van der Waals surface area (Å²) in [6, 6.07) is 0. The van der Waals surface area contributed by atoms with Crippen molar-refractivity contribution >= 4 is 5.97 Å². The molecule has 3 aliphatic rings. The zero-order valence-corrected chi connectivity index (χ0v) is 18.1. The maximum atomic E-state index is 11.3. The summed E-state index contributed by atoms with van der Waals surface area (Å²) in [6.45, 7) is 4.56. The number of carboxylic acid groups (broad SMARTS) is 1. The molecular formula is C24H38O5. The summed E-state index contributed by atoms with van der Waals surface area (Å²) in [4.78, 5) is 11.3. The third-order valence-corrected chi connectivity index (χ3v) is 8.01. The summed E-state index contributed by atoms with van der Waals surface area (Å²) >= 11 is 0. The Morgan fingerprint density at radius 2 is 1.93 bits per heavy atom. The molecule has 0 aromatic carbocycles. The van der Waals surface area contributed by atoms with Crippen molar-refractivity contribution in [3.63, 3.8) is 0 Å². The number of rotatable bonds is 6. The monoisotopic (exact) mass is 406 g/mol. The van der Waals surface area contributed by atoms with E-state index in [2.05, 4.69) is 26.0 Å². The molecule has 164 valence electrons. The Hall–Kier alpha value is -1.17. The molecule has 1 unspecified atom stereocenters. The average Bonchev–Trinajstić information content (AvgIpc) is 3.00. The minimum absolute atomic E-state index is 0.0638. The number of fused-ring (bicyclic) bond motifs is 1. The minimum Gasteiger partial charge on any atom is -0.481 e. The first-order chi connectivity index (χ1) is 13.7. The van der Waals surface area contributed by atoms with Crippen LogP contribution in [0.1, 0.15) is 71.6 Å². The van der Waals surface area contributed by atoms with E-state index in [-0.39, 0.29) is 23.9 Å². The largest absolute Gasteiger partial charge is 0.481 e. The summed E-state index contributed by atoms with van der Waals surface area (Å²) in [5.74, 6) is 0.413. The second-order valence-corrected chi connectivity index (χ2v) is 9.85. The Bertz CT molecular complexity index is 642. The lowest BCUT2D eigenvalue weighted by molar-refractivity contribution is -0.141. The third kappa shape index (κ3) is 4.95. The zero-order chi connectivity index (χ0) is 21.2. The van der Waals surface area contributed by atoms with Crippen LogP contribution in [0, 0.1) is 23.2 Å². The molecule has 7 atom stereocenters. The van der Waals surface area contributed by atoms with Gasteiger partial charge in [0.2, 0.25) is 0 Å². The molecule has 0 aromatic rings. The van der Waals surface area contributed by atoms with Crippen LogP contribution in [0.5, 0.6) is 0 Å². The van der Waals surface area contributed by atoms with E-state index in [0.29, 0.717) is 31.1 Å². The van der Waals surface area contributed by atoms with Gasteiger partial charge in [-0.3, -0.25) is 4.79 Å². The van der Waals surface area contributed by atoms with Crippen molar-refractivity contribution in [1.82, 2.24) is 0 Å². The van der Waals surface area contributed by atoms with E-state index in [1.54, 1.807) is 7.11 Å². The predicted molar refractivity (Wildman–Crippen MR) is 112 cm³/mol. The molecule has 3 saturated carbocycles. The molecule has 5 nitrogen and oxygen atoms in total. The van der Waals surface area contributed by atoms with E-state index in [1.165, 1.54) is 12.0 Å². The predicted octanol–water partition coefficient (Wildman–Crippen LogP) is 4.09. The highest BCUT2D eigenvalue weighted by molar-refractivity contribution is 5.67. The molecule has 0 amide bonds. The average molecular weight is 407 g/mol. The smallest absolute Gasteiger partial charge is 0.305 e. The standard InChI is InChI=1S/C24H38O5/c1-15(22(29-3)14-23(27)28)20-8-9-21-17(5-4-10-24(20,21)2)7-6-16-11-18(25)13-19(26)12-16/h6-7,15,18-22,25-26H,4-5,8-14H2,1-3H3,(H,27,28)/t15-,18+,19+,20+,21-,22?,24+/m0/s1. The fraction of sp³-hybridized carbons (Fsp3) is 0.792. The number of hydrogen-bond acceptors (Lipinski definition) is 4. The van der Waals surface area contributed by atoms with Crippen LogP contribution in [0.15, 0.2) is 23.3 Å². The van der Waals surface area contributed by atoms with Gasteiger partial charge in [0.15, 0.2) is 0 Å². The lowest BCUT2D eigenvalue weighted by atomic mass is 9.60. The molecule has 0 aliphatic heterocycles. The van der Waals surface area contributed by atoms with E-state index in [9.17, 15) is 20.1 Å². The SMILES string of the molecule is COC(CC(=O)O)[C@@H](C)[C@H]1CC[C@H]2C(=CC=C3C[C@@H](O)C[C@H](O)C3)CCC[C@]12C. The Morgan fingerprint density at radius 1 is 1.24 bits per heavy atom. The summed E-state index contributed by atoms with van der Waals surface area (Å²) < 4.78 is 5.58. The fourth-order valence-corrected chi connectivity index (χ4v) is 6.59. The first-order valence-corrected chi connectivity index (χ1v) is 11.2. The van der Waals surface area contributed by atoms with Crippen molar-refractivity contribution in [2.45, 2.75) is 89.9 Å². The van der Waals surface area contributed by atoms with Crippen molar-refractivity contribution in [3.05, 3.63) is 23.3 Å². The second-order valence-electron chi connectivity index (χ2n) is 9.85. The Labute approximate surface area is 174 Å². The second kappa shape index (κ2) is 9.32. The molecule has 3 fully saturated rings. The highest BCUT2D eigenvalue weighted by Gasteiger charge is 2.52. The van der Waals surface area contributed by atoms with Gasteiger partial charge in [-0.2, -0.15) is 0 Å². The lowest BCUT2D eigenvalue weighted by Crippen LogP contribution is -2.40. The molecule has 0 heterocycles. The number of carboxylic acids is 1. The van der Waals surface area contributed by atoms with Gasteiger partial charge in [-0.05, 0) is 74.5 Å². The number of hydrogen-bond donors (Lipinski definition) is 3. The van der Waals surface area contributed by atoms with Crippen LogP contribution >= 0.6 is 0 Å². The Kier molecular flexibility index (Phi) is 7.23. The van der Waals surface area contributed by atoms with Crippen molar-refractivity contribution in [2.24, 2.45) is 23.2 Å². The van der Waals surface area contributed by atoms with Crippen LogP contribution in [0.3, 0.4) is 0 Å². The van der Waals surface area contributed by atoms with E-state index >= 15 is 0 Å². The van der Waals surface area contributed by atoms with Gasteiger partial charge in [-0.1, -0.05) is 37.1 Å². The van der Waals surface area contributed by atoms with E-state index < -0.39 is 18.2 Å². The van der Waals surface area contributed by atoms with Gasteiger partial charge in [0, 0.05) is 7.11 Å². The van der Waals surface area contributed by atoms with Crippen LogP contribution in [0.2, 0.25) is 0 Å². The molecule has 0 saturated heterocycles. The molecule has 0 bridgehead atoms. The highest BCUT2D eigenvalue weighted by atomic mass is 16.5. The summed E-state index contributed by atoms with van der Waals surface area (Å²) in [6.07, 6.45) is 10.9. The highest BCUT2D eigenvalue weighted by Crippen LogP contribution is 2.60. The molecule has 0 aromatic heterocycles. The van der Waals surface area contributed by atoms with Crippen LogP contribution in [0.25, 0.3) is 0 Å². The molecule has 0 radical (unpaired) electrons. The van der Waals surface area contributed by atoms with E-state index in [4.69, 9.17) is 4.74 Å². The number of aliphatic carboxylic acids is 1. The minimum atomic E-state index is -0.795. The number of carbonyl (C=O) groups is 1. The summed E-state index contributed by atoms with van der Waals surface area (Å²) in [7, 11) is 1.63. The van der Waals surface area contributed by atoms with Crippen LogP contribution in [-0.4, -0.2) is 46.7 Å². The van der Waals surface area contributed by atoms with Gasteiger partial charge in [-0.15, -0.1) is 0 Å². The molecular weight excluding hydrogens is 368 g/mol. The van der Waals surface area contributed by atoms with Crippen molar-refractivity contribution in [3.8, 4) is 0 Å². The molecule has 3 aliphatic carbocycles. The maximum Gasteiger partial charge on any atom is 0.305 e. The number of aliphatic hydroxyl groups is 2. The van der Waals surface area contributed by atoms with Gasteiger partial charge in [0.25, 0.3) is 0 Å². The number of methoxy groups -OCH3 is 1.